The zero-order chi connectivity index (χ0) is 31.8. The minimum Gasteiger partial charge on any atom is -0.456 e. The molecule has 5 nitrogen and oxygen atoms in total. The van der Waals surface area contributed by atoms with E-state index in [-0.39, 0.29) is 0 Å². The highest BCUT2D eigenvalue weighted by Crippen LogP contribution is 2.39. The van der Waals surface area contributed by atoms with Crippen LogP contribution in [-0.2, 0) is 0 Å². The van der Waals surface area contributed by atoms with Gasteiger partial charge in [0.1, 0.15) is 17.2 Å². The summed E-state index contributed by atoms with van der Waals surface area (Å²) in [6, 6.07) is 52.6. The number of fused-ring (bicyclic) bond motifs is 9. The van der Waals surface area contributed by atoms with Gasteiger partial charge in [0.25, 0.3) is 0 Å². The molecule has 0 spiro atoms. The Balaban J connectivity index is 1.10. The lowest BCUT2D eigenvalue weighted by atomic mass is 9.99. The van der Waals surface area contributed by atoms with E-state index in [1.165, 1.54) is 21.5 Å². The van der Waals surface area contributed by atoms with Crippen molar-refractivity contribution in [3.8, 4) is 34.3 Å². The zero-order valence-electron chi connectivity index (χ0n) is 25.6. The molecule has 5 heteroatoms. The Morgan fingerprint density at radius 2 is 1.19 bits per heavy atom. The summed E-state index contributed by atoms with van der Waals surface area (Å²) in [5.74, 6) is 0.541. The summed E-state index contributed by atoms with van der Waals surface area (Å²) in [6.07, 6.45) is 0. The van der Waals surface area contributed by atoms with E-state index in [0.717, 1.165) is 66.3 Å². The minimum absolute atomic E-state index is 0.381. The number of aromatic nitrogens is 3. The van der Waals surface area contributed by atoms with Crippen LogP contribution in [0.15, 0.2) is 150 Å². The second-order valence-corrected chi connectivity index (χ2v) is 12.1. The zero-order valence-corrected chi connectivity index (χ0v) is 25.6. The number of benzene rings is 7. The quantitative estimate of drug-likeness (QED) is 0.199. The number of rotatable bonds is 3. The van der Waals surface area contributed by atoms with E-state index in [1.54, 1.807) is 0 Å². The molecule has 3 aromatic heterocycles. The van der Waals surface area contributed by atoms with Gasteiger partial charge in [0.05, 0.1) is 16.6 Å². The van der Waals surface area contributed by atoms with Crippen molar-refractivity contribution in [3.05, 3.63) is 151 Å². The van der Waals surface area contributed by atoms with Crippen LogP contribution in [0.2, 0.25) is 0 Å². The second kappa shape index (κ2) is 10.1. The van der Waals surface area contributed by atoms with Gasteiger partial charge in [0.15, 0.2) is 11.5 Å². The Kier molecular flexibility index (Phi) is 5.57. The van der Waals surface area contributed by atoms with Crippen molar-refractivity contribution in [2.45, 2.75) is 0 Å². The molecule has 0 aliphatic heterocycles. The highest BCUT2D eigenvalue weighted by Gasteiger charge is 2.16. The van der Waals surface area contributed by atoms with Crippen molar-refractivity contribution in [2.24, 2.45) is 0 Å². The fraction of sp³-hybridized carbons (Fsp3) is 0. The van der Waals surface area contributed by atoms with E-state index in [1.807, 2.05) is 36.4 Å². The number of furan rings is 1. The van der Waals surface area contributed by atoms with E-state index < -0.39 is 0 Å². The SMILES string of the molecule is N#Cc1nc(-c2ccc(-n3c4ccccc4c4cc(-c5ccc6oc7ccc8ccccc8c7c6c5)ccc43)cc2)nc2ccccc12. The van der Waals surface area contributed by atoms with E-state index in [0.29, 0.717) is 11.5 Å². The topological polar surface area (TPSA) is 67.6 Å². The van der Waals surface area contributed by atoms with Gasteiger partial charge in [0.2, 0.25) is 0 Å². The maximum absolute atomic E-state index is 9.74. The summed E-state index contributed by atoms with van der Waals surface area (Å²) in [5.41, 5.74) is 9.40. The molecule has 0 N–H and O–H groups in total. The Morgan fingerprint density at radius 3 is 2.04 bits per heavy atom. The van der Waals surface area contributed by atoms with Gasteiger partial charge < -0.3 is 8.98 Å². The van der Waals surface area contributed by atoms with Gasteiger partial charge in [0, 0.05) is 38.2 Å². The van der Waals surface area contributed by atoms with E-state index in [2.05, 4.69) is 125 Å². The number of nitriles is 1. The van der Waals surface area contributed by atoms with E-state index in [4.69, 9.17) is 9.40 Å². The minimum atomic E-state index is 0.381. The van der Waals surface area contributed by atoms with Crippen molar-refractivity contribution in [3.63, 3.8) is 0 Å². The summed E-state index contributed by atoms with van der Waals surface area (Å²) in [4.78, 5) is 9.34. The van der Waals surface area contributed by atoms with Gasteiger partial charge in [-0.2, -0.15) is 5.26 Å². The fourth-order valence-electron chi connectivity index (χ4n) is 7.21. The molecule has 10 rings (SSSR count). The van der Waals surface area contributed by atoms with Gasteiger partial charge >= 0.3 is 0 Å². The van der Waals surface area contributed by atoms with Crippen LogP contribution in [0.25, 0.3) is 93.6 Å². The normalized spacial score (nSPS) is 11.7. The average molecular weight is 613 g/mol. The van der Waals surface area contributed by atoms with Crippen molar-refractivity contribution in [2.75, 3.05) is 0 Å². The molecule has 0 aliphatic rings. The lowest BCUT2D eigenvalue weighted by Gasteiger charge is -2.10. The predicted octanol–water partition coefficient (Wildman–Crippen LogP) is 11.0. The molecule has 0 radical (unpaired) electrons. The van der Waals surface area contributed by atoms with Crippen molar-refractivity contribution in [1.82, 2.24) is 14.5 Å². The van der Waals surface area contributed by atoms with E-state index >= 15 is 0 Å². The molecule has 0 saturated carbocycles. The molecular weight excluding hydrogens is 589 g/mol. The van der Waals surface area contributed by atoms with E-state index in [9.17, 15) is 5.26 Å². The third-order valence-corrected chi connectivity index (χ3v) is 9.46. The smallest absolute Gasteiger partial charge is 0.161 e. The molecule has 0 saturated heterocycles. The van der Waals surface area contributed by atoms with Crippen LogP contribution >= 0.6 is 0 Å². The highest BCUT2D eigenvalue weighted by atomic mass is 16.3. The molecule has 0 unspecified atom stereocenters. The number of hydrogen-bond donors (Lipinski definition) is 0. The number of nitrogens with zero attached hydrogens (tertiary/aromatic N) is 4. The van der Waals surface area contributed by atoms with Gasteiger partial charge in [-0.3, -0.25) is 0 Å². The van der Waals surface area contributed by atoms with Crippen molar-refractivity contribution < 1.29 is 4.42 Å². The maximum atomic E-state index is 9.74. The highest BCUT2D eigenvalue weighted by molar-refractivity contribution is 6.19. The molecule has 0 atom stereocenters. The van der Waals surface area contributed by atoms with Crippen LogP contribution in [0.1, 0.15) is 5.69 Å². The molecule has 0 bridgehead atoms. The average Bonchev–Trinajstić information content (AvgIpc) is 3.70. The molecule has 222 valence electrons. The molecule has 10 aromatic rings. The summed E-state index contributed by atoms with van der Waals surface area (Å²) < 4.78 is 8.58. The molecule has 0 fully saturated rings. The van der Waals surface area contributed by atoms with Crippen LogP contribution in [0, 0.1) is 11.3 Å². The lowest BCUT2D eigenvalue weighted by molar-refractivity contribution is 0.669. The fourth-order valence-corrected chi connectivity index (χ4v) is 7.21. The van der Waals surface area contributed by atoms with Gasteiger partial charge in [-0.1, -0.05) is 72.8 Å². The molecule has 0 amide bonds. The summed E-state index contributed by atoms with van der Waals surface area (Å²) in [5, 5.41) is 17.6. The first-order chi connectivity index (χ1) is 23.7. The molecule has 48 heavy (non-hydrogen) atoms. The summed E-state index contributed by atoms with van der Waals surface area (Å²) in [6.45, 7) is 0. The van der Waals surface area contributed by atoms with Crippen LogP contribution in [0.4, 0.5) is 0 Å². The third-order valence-electron chi connectivity index (χ3n) is 9.46. The molecule has 7 aromatic carbocycles. The Labute approximate surface area is 274 Å². The third kappa shape index (κ3) is 3.90. The lowest BCUT2D eigenvalue weighted by Crippen LogP contribution is -1.97. The number of para-hydroxylation sites is 2. The standard InChI is InChI=1S/C43H24N4O/c44-25-37-33-10-3-5-11-36(33)45-43(46-37)27-13-18-30(19-14-27)47-38-12-6-4-9-32(38)34-23-28(15-20-39(34)47)29-17-21-40-35(24-29)42-31-8-2-1-7-26(31)16-22-41(42)48-40/h1-24H. The van der Waals surface area contributed by atoms with Gasteiger partial charge in [-0.05, 0) is 94.7 Å². The second-order valence-electron chi connectivity index (χ2n) is 12.1. The summed E-state index contributed by atoms with van der Waals surface area (Å²) >= 11 is 0. The predicted molar refractivity (Wildman–Crippen MR) is 194 cm³/mol. The monoisotopic (exact) mass is 612 g/mol. The Hall–Kier alpha value is -6.77. The molecule has 0 aliphatic carbocycles. The largest absolute Gasteiger partial charge is 0.456 e. The maximum Gasteiger partial charge on any atom is 0.161 e. The van der Waals surface area contributed by atoms with Crippen molar-refractivity contribution >= 4 is 65.4 Å². The van der Waals surface area contributed by atoms with Crippen molar-refractivity contribution in [1.29, 1.82) is 5.26 Å². The summed E-state index contributed by atoms with van der Waals surface area (Å²) in [7, 11) is 0. The first kappa shape index (κ1) is 26.4. The number of hydrogen-bond acceptors (Lipinski definition) is 4. The van der Waals surface area contributed by atoms with Crippen LogP contribution in [-0.4, -0.2) is 14.5 Å². The Morgan fingerprint density at radius 1 is 0.521 bits per heavy atom. The Bertz CT molecular complexity index is 2960. The molecule has 3 heterocycles. The van der Waals surface area contributed by atoms with Gasteiger partial charge in [-0.15, -0.1) is 0 Å². The first-order valence-corrected chi connectivity index (χ1v) is 15.9. The van der Waals surface area contributed by atoms with Gasteiger partial charge in [-0.25, -0.2) is 9.97 Å². The van der Waals surface area contributed by atoms with Crippen LogP contribution in [0.3, 0.4) is 0 Å². The van der Waals surface area contributed by atoms with Crippen LogP contribution < -0.4 is 0 Å². The first-order valence-electron chi connectivity index (χ1n) is 15.9. The molecular formula is C43H24N4O. The van der Waals surface area contributed by atoms with Crippen LogP contribution in [0.5, 0.6) is 0 Å².